The summed E-state index contributed by atoms with van der Waals surface area (Å²) in [7, 11) is 0. The highest BCUT2D eigenvalue weighted by atomic mass is 35.5. The van der Waals surface area contributed by atoms with Crippen molar-refractivity contribution in [3.63, 3.8) is 0 Å². The van der Waals surface area contributed by atoms with E-state index in [1.54, 1.807) is 6.20 Å². The van der Waals surface area contributed by atoms with Crippen molar-refractivity contribution in [1.82, 2.24) is 9.78 Å². The Kier molecular flexibility index (Phi) is 4.50. The number of hydrogen-bond donors (Lipinski definition) is 1. The average Bonchev–Trinajstić information content (AvgIpc) is 2.70. The Labute approximate surface area is 123 Å². The number of nitrogens with two attached hydrogens (primary N) is 1. The van der Waals surface area contributed by atoms with Gasteiger partial charge in [-0.3, -0.25) is 4.68 Å². The lowest BCUT2D eigenvalue weighted by molar-refractivity contribution is 0.559. The summed E-state index contributed by atoms with van der Waals surface area (Å²) in [6, 6.07) is 5.41. The van der Waals surface area contributed by atoms with Gasteiger partial charge < -0.3 is 5.73 Å². The summed E-state index contributed by atoms with van der Waals surface area (Å²) in [6.07, 6.45) is 2.63. The molecule has 0 saturated heterocycles. The van der Waals surface area contributed by atoms with E-state index in [1.807, 2.05) is 29.8 Å². The highest BCUT2D eigenvalue weighted by Gasteiger charge is 2.19. The van der Waals surface area contributed by atoms with E-state index in [4.69, 9.17) is 28.9 Å². The van der Waals surface area contributed by atoms with Gasteiger partial charge in [-0.15, -0.1) is 0 Å². The van der Waals surface area contributed by atoms with Crippen LogP contribution in [0.5, 0.6) is 0 Å². The third-order valence-corrected chi connectivity index (χ3v) is 3.66. The quantitative estimate of drug-likeness (QED) is 0.928. The summed E-state index contributed by atoms with van der Waals surface area (Å²) in [6.45, 7) is 4.90. The molecule has 19 heavy (non-hydrogen) atoms. The molecule has 0 amide bonds. The molecular weight excluding hydrogens is 281 g/mol. The van der Waals surface area contributed by atoms with E-state index in [9.17, 15) is 0 Å². The van der Waals surface area contributed by atoms with Gasteiger partial charge in [-0.2, -0.15) is 5.10 Å². The van der Waals surface area contributed by atoms with Crippen molar-refractivity contribution in [2.24, 2.45) is 5.73 Å². The molecule has 3 nitrogen and oxygen atoms in total. The summed E-state index contributed by atoms with van der Waals surface area (Å²) in [5, 5.41) is 5.59. The van der Waals surface area contributed by atoms with Crippen molar-refractivity contribution >= 4 is 23.2 Å². The van der Waals surface area contributed by atoms with Gasteiger partial charge in [0.25, 0.3) is 0 Å². The Hall–Kier alpha value is -1.03. The largest absolute Gasteiger partial charge is 0.319 e. The number of nitrogens with zero attached hydrogens (tertiary/aromatic N) is 2. The maximum absolute atomic E-state index is 6.36. The van der Waals surface area contributed by atoms with E-state index in [1.165, 1.54) is 0 Å². The molecular formula is C14H17Cl2N3. The van der Waals surface area contributed by atoms with Crippen LogP contribution in [0.25, 0.3) is 0 Å². The molecule has 1 heterocycles. The summed E-state index contributed by atoms with van der Waals surface area (Å²) in [5.74, 6) is 0. The van der Waals surface area contributed by atoms with Crippen molar-refractivity contribution in [2.75, 3.05) is 0 Å². The van der Waals surface area contributed by atoms with E-state index >= 15 is 0 Å². The van der Waals surface area contributed by atoms with Gasteiger partial charge in [-0.1, -0.05) is 36.2 Å². The third-order valence-electron chi connectivity index (χ3n) is 3.13. The second kappa shape index (κ2) is 5.95. The fourth-order valence-electron chi connectivity index (χ4n) is 2.21. The Morgan fingerprint density at radius 2 is 2.11 bits per heavy atom. The van der Waals surface area contributed by atoms with Gasteiger partial charge in [0.05, 0.1) is 23.0 Å². The van der Waals surface area contributed by atoms with Crippen molar-refractivity contribution in [1.29, 1.82) is 0 Å². The molecule has 0 radical (unpaired) electrons. The van der Waals surface area contributed by atoms with Crippen LogP contribution >= 0.6 is 23.2 Å². The minimum Gasteiger partial charge on any atom is -0.319 e. The Bertz CT molecular complexity index is 578. The first-order valence-electron chi connectivity index (χ1n) is 6.27. The van der Waals surface area contributed by atoms with E-state index in [0.29, 0.717) is 10.0 Å². The molecule has 1 atom stereocenters. The van der Waals surface area contributed by atoms with E-state index in [0.717, 1.165) is 29.8 Å². The molecule has 1 aromatic carbocycles. The van der Waals surface area contributed by atoms with Crippen LogP contribution in [0, 0.1) is 6.92 Å². The lowest BCUT2D eigenvalue weighted by atomic mass is 9.99. The smallest absolute Gasteiger partial charge is 0.0837 e. The molecule has 0 aliphatic carbocycles. The van der Waals surface area contributed by atoms with Crippen LogP contribution < -0.4 is 5.73 Å². The molecule has 0 spiro atoms. The van der Waals surface area contributed by atoms with E-state index in [-0.39, 0.29) is 6.04 Å². The number of benzene rings is 1. The van der Waals surface area contributed by atoms with Crippen LogP contribution in [-0.4, -0.2) is 9.78 Å². The van der Waals surface area contributed by atoms with Gasteiger partial charge in [-0.05, 0) is 36.6 Å². The van der Waals surface area contributed by atoms with Crippen molar-refractivity contribution < 1.29 is 0 Å². The Morgan fingerprint density at radius 3 is 2.74 bits per heavy atom. The molecule has 0 aliphatic heterocycles. The summed E-state index contributed by atoms with van der Waals surface area (Å²) in [4.78, 5) is 0. The molecule has 0 saturated carbocycles. The van der Waals surface area contributed by atoms with Crippen molar-refractivity contribution in [2.45, 2.75) is 32.9 Å². The number of hydrogen-bond acceptors (Lipinski definition) is 2. The van der Waals surface area contributed by atoms with Gasteiger partial charge in [0, 0.05) is 11.6 Å². The number of aromatic nitrogens is 2. The molecule has 1 unspecified atom stereocenters. The summed E-state index contributed by atoms with van der Waals surface area (Å²) < 4.78 is 1.88. The summed E-state index contributed by atoms with van der Waals surface area (Å²) >= 11 is 12.2. The van der Waals surface area contributed by atoms with Crippen LogP contribution in [0.4, 0.5) is 0 Å². The first kappa shape index (κ1) is 14.4. The average molecular weight is 298 g/mol. The predicted molar refractivity (Wildman–Crippen MR) is 79.7 cm³/mol. The molecule has 5 heteroatoms. The maximum atomic E-state index is 6.36. The van der Waals surface area contributed by atoms with Gasteiger partial charge in [0.2, 0.25) is 0 Å². The molecule has 0 fully saturated rings. The van der Waals surface area contributed by atoms with Crippen LogP contribution in [-0.2, 0) is 6.54 Å². The monoisotopic (exact) mass is 297 g/mol. The molecule has 2 rings (SSSR count). The molecule has 102 valence electrons. The van der Waals surface area contributed by atoms with Gasteiger partial charge in [0.15, 0.2) is 0 Å². The third kappa shape index (κ3) is 2.94. The lowest BCUT2D eigenvalue weighted by Gasteiger charge is -2.17. The second-order valence-electron chi connectivity index (χ2n) is 4.58. The van der Waals surface area contributed by atoms with Crippen LogP contribution in [0.1, 0.15) is 36.2 Å². The minimum absolute atomic E-state index is 0.293. The zero-order valence-electron chi connectivity index (χ0n) is 11.0. The van der Waals surface area contributed by atoms with E-state index < -0.39 is 0 Å². The van der Waals surface area contributed by atoms with Gasteiger partial charge in [0.1, 0.15) is 0 Å². The molecule has 0 bridgehead atoms. The second-order valence-corrected chi connectivity index (χ2v) is 5.42. The normalized spacial score (nSPS) is 12.7. The predicted octanol–water partition coefficient (Wildman–Crippen LogP) is 3.96. The highest BCUT2D eigenvalue weighted by Crippen LogP contribution is 2.29. The fraction of sp³-hybridized carbons (Fsp3) is 0.357. The van der Waals surface area contributed by atoms with E-state index in [2.05, 4.69) is 12.0 Å². The fourth-order valence-corrected chi connectivity index (χ4v) is 2.69. The lowest BCUT2D eigenvalue weighted by Crippen LogP contribution is -2.19. The topological polar surface area (TPSA) is 43.8 Å². The summed E-state index contributed by atoms with van der Waals surface area (Å²) in [5.41, 5.74) is 9.28. The standard InChI is InChI=1S/C14H17Cl2N3/c1-3-6-19-14(12(16)8-18-19)13(17)11-5-4-10(15)7-9(11)2/h4-5,7-8,13H,3,6,17H2,1-2H3. The molecule has 2 N–H and O–H groups in total. The Morgan fingerprint density at radius 1 is 1.37 bits per heavy atom. The Balaban J connectivity index is 2.43. The molecule has 0 aliphatic rings. The molecule has 1 aromatic heterocycles. The minimum atomic E-state index is -0.293. The SMILES string of the molecule is CCCn1ncc(Cl)c1C(N)c1ccc(Cl)cc1C. The van der Waals surface area contributed by atoms with Crippen molar-refractivity contribution in [3.05, 3.63) is 51.3 Å². The zero-order valence-corrected chi connectivity index (χ0v) is 12.5. The maximum Gasteiger partial charge on any atom is 0.0837 e. The number of halogens is 2. The van der Waals surface area contributed by atoms with Gasteiger partial charge in [-0.25, -0.2) is 0 Å². The van der Waals surface area contributed by atoms with Crippen LogP contribution in [0.15, 0.2) is 24.4 Å². The number of aryl methyl sites for hydroxylation is 2. The first-order chi connectivity index (χ1) is 9.04. The zero-order chi connectivity index (χ0) is 14.0. The van der Waals surface area contributed by atoms with Crippen molar-refractivity contribution in [3.8, 4) is 0 Å². The highest BCUT2D eigenvalue weighted by molar-refractivity contribution is 6.31. The number of rotatable bonds is 4. The van der Waals surface area contributed by atoms with Crippen LogP contribution in [0.2, 0.25) is 10.0 Å². The molecule has 2 aromatic rings. The van der Waals surface area contributed by atoms with Crippen LogP contribution in [0.3, 0.4) is 0 Å². The van der Waals surface area contributed by atoms with Gasteiger partial charge >= 0.3 is 0 Å². The first-order valence-corrected chi connectivity index (χ1v) is 7.03.